The number of carbonyl (C=O) groups is 1. The van der Waals surface area contributed by atoms with Crippen molar-refractivity contribution in [1.82, 2.24) is 0 Å². The molecule has 1 atom stereocenters. The average molecular weight is 407 g/mol. The number of methoxy groups -OCH3 is 1. The molecule has 2 rings (SSSR count). The number of benzene rings is 2. The zero-order valence-corrected chi connectivity index (χ0v) is 17.8. The summed E-state index contributed by atoms with van der Waals surface area (Å²) < 4.78 is 11.2. The van der Waals surface area contributed by atoms with Crippen molar-refractivity contribution < 1.29 is 14.3 Å². The van der Waals surface area contributed by atoms with Crippen LogP contribution >= 0.6 is 12.4 Å². The van der Waals surface area contributed by atoms with Crippen LogP contribution in [0.5, 0.6) is 5.75 Å². The molecule has 0 radical (unpaired) electrons. The van der Waals surface area contributed by atoms with E-state index in [9.17, 15) is 4.79 Å². The smallest absolute Gasteiger partial charge is 0.227 e. The number of ether oxygens (including phenoxy) is 2. The van der Waals surface area contributed by atoms with Crippen molar-refractivity contribution >= 4 is 24.0 Å². The molecule has 0 fully saturated rings. The second-order valence-corrected chi connectivity index (χ2v) is 7.03. The fourth-order valence-electron chi connectivity index (χ4n) is 2.77. The SMILES string of the molecule is COC(CN)CC(=O)Nc1ccc(COc2cc(C)ccc2C(C)C)cc1.Cl. The van der Waals surface area contributed by atoms with Crippen LogP contribution in [-0.2, 0) is 16.1 Å². The minimum absolute atomic E-state index is 0. The fourth-order valence-corrected chi connectivity index (χ4v) is 2.77. The van der Waals surface area contributed by atoms with Gasteiger partial charge >= 0.3 is 0 Å². The van der Waals surface area contributed by atoms with Crippen LogP contribution < -0.4 is 15.8 Å². The quantitative estimate of drug-likeness (QED) is 0.646. The summed E-state index contributed by atoms with van der Waals surface area (Å²) in [6, 6.07) is 14.0. The summed E-state index contributed by atoms with van der Waals surface area (Å²) in [6.07, 6.45) is -0.0226. The zero-order chi connectivity index (χ0) is 19.8. The second kappa shape index (κ2) is 11.7. The van der Waals surface area contributed by atoms with E-state index in [1.165, 1.54) is 11.1 Å². The Kier molecular flexibility index (Phi) is 10.0. The number of nitrogens with two attached hydrogens (primary N) is 1. The van der Waals surface area contributed by atoms with Crippen LogP contribution in [0.1, 0.15) is 42.9 Å². The Morgan fingerprint density at radius 1 is 1.14 bits per heavy atom. The van der Waals surface area contributed by atoms with E-state index in [0.717, 1.165) is 17.0 Å². The summed E-state index contributed by atoms with van der Waals surface area (Å²) in [5, 5.41) is 2.86. The fraction of sp³-hybridized carbons (Fsp3) is 0.409. The van der Waals surface area contributed by atoms with Gasteiger partial charge in [-0.3, -0.25) is 4.79 Å². The highest BCUT2D eigenvalue weighted by atomic mass is 35.5. The van der Waals surface area contributed by atoms with Gasteiger partial charge in [0.05, 0.1) is 12.5 Å². The highest BCUT2D eigenvalue weighted by molar-refractivity contribution is 5.91. The van der Waals surface area contributed by atoms with Crippen LogP contribution in [0.2, 0.25) is 0 Å². The topological polar surface area (TPSA) is 73.6 Å². The molecule has 0 aliphatic carbocycles. The molecule has 0 spiro atoms. The number of nitrogens with one attached hydrogen (secondary N) is 1. The molecule has 0 bridgehead atoms. The number of hydrogen-bond acceptors (Lipinski definition) is 4. The van der Waals surface area contributed by atoms with Crippen LogP contribution in [0, 0.1) is 6.92 Å². The van der Waals surface area contributed by atoms with Crippen molar-refractivity contribution in [3.63, 3.8) is 0 Å². The molecule has 28 heavy (non-hydrogen) atoms. The van der Waals surface area contributed by atoms with Crippen LogP contribution in [0.15, 0.2) is 42.5 Å². The second-order valence-electron chi connectivity index (χ2n) is 7.03. The maximum absolute atomic E-state index is 12.0. The summed E-state index contributed by atoms with van der Waals surface area (Å²) >= 11 is 0. The number of hydrogen-bond donors (Lipinski definition) is 2. The monoisotopic (exact) mass is 406 g/mol. The van der Waals surface area contributed by atoms with Gasteiger partial charge in [-0.25, -0.2) is 0 Å². The summed E-state index contributed by atoms with van der Waals surface area (Å²) in [4.78, 5) is 12.0. The van der Waals surface area contributed by atoms with E-state index in [2.05, 4.69) is 44.3 Å². The molecule has 1 unspecified atom stereocenters. The molecule has 0 saturated heterocycles. The van der Waals surface area contributed by atoms with E-state index in [1.807, 2.05) is 24.3 Å². The Morgan fingerprint density at radius 3 is 2.39 bits per heavy atom. The Labute approximate surface area is 174 Å². The number of aryl methyl sites for hydroxylation is 1. The van der Waals surface area contributed by atoms with E-state index in [-0.39, 0.29) is 30.8 Å². The number of rotatable bonds is 9. The number of amides is 1. The third-order valence-electron chi connectivity index (χ3n) is 4.43. The molecule has 1 amide bonds. The number of carbonyl (C=O) groups excluding carboxylic acids is 1. The minimum atomic E-state index is -0.262. The first kappa shape index (κ1) is 24.0. The molecule has 0 aliphatic heterocycles. The van der Waals surface area contributed by atoms with Crippen LogP contribution in [0.3, 0.4) is 0 Å². The maximum atomic E-state index is 12.0. The van der Waals surface area contributed by atoms with Gasteiger partial charge in [-0.05, 0) is 47.7 Å². The summed E-state index contributed by atoms with van der Waals surface area (Å²) in [6.45, 7) is 7.18. The van der Waals surface area contributed by atoms with Crippen molar-refractivity contribution in [3.8, 4) is 5.75 Å². The number of halogens is 1. The van der Waals surface area contributed by atoms with Crippen LogP contribution in [-0.4, -0.2) is 25.7 Å². The van der Waals surface area contributed by atoms with Gasteiger partial charge in [0.2, 0.25) is 5.91 Å². The highest BCUT2D eigenvalue weighted by Crippen LogP contribution is 2.28. The lowest BCUT2D eigenvalue weighted by atomic mass is 10.0. The maximum Gasteiger partial charge on any atom is 0.227 e. The Balaban J connectivity index is 0.00000392. The molecule has 2 aromatic rings. The van der Waals surface area contributed by atoms with E-state index in [0.29, 0.717) is 19.1 Å². The summed E-state index contributed by atoms with van der Waals surface area (Å²) in [5.41, 5.74) is 9.72. The van der Waals surface area contributed by atoms with Crippen LogP contribution in [0.4, 0.5) is 5.69 Å². The Hall–Kier alpha value is -2.08. The van der Waals surface area contributed by atoms with Gasteiger partial charge in [0.1, 0.15) is 12.4 Å². The van der Waals surface area contributed by atoms with Gasteiger partial charge in [-0.15, -0.1) is 12.4 Å². The predicted octanol–water partition coefficient (Wildman–Crippen LogP) is 4.42. The molecular formula is C22H31ClN2O3. The molecule has 0 saturated carbocycles. The Bertz CT molecular complexity index is 744. The van der Waals surface area contributed by atoms with Crippen molar-refractivity contribution in [2.45, 2.75) is 45.8 Å². The van der Waals surface area contributed by atoms with Crippen molar-refractivity contribution in [3.05, 3.63) is 59.2 Å². The van der Waals surface area contributed by atoms with E-state index in [1.54, 1.807) is 7.11 Å². The van der Waals surface area contributed by atoms with Crippen molar-refractivity contribution in [1.29, 1.82) is 0 Å². The van der Waals surface area contributed by atoms with E-state index in [4.69, 9.17) is 15.2 Å². The molecule has 154 valence electrons. The molecule has 0 aliphatic rings. The standard InChI is InChI=1S/C22H30N2O3.ClH/c1-15(2)20-10-5-16(3)11-21(20)27-14-17-6-8-18(9-7-17)24-22(25)12-19(13-23)26-4;/h5-11,15,19H,12-14,23H2,1-4H3,(H,24,25);1H. The van der Waals surface area contributed by atoms with Crippen molar-refractivity contribution in [2.24, 2.45) is 5.73 Å². The van der Waals surface area contributed by atoms with Gasteiger partial charge in [-0.1, -0.05) is 38.1 Å². The predicted molar refractivity (Wildman–Crippen MR) is 116 cm³/mol. The van der Waals surface area contributed by atoms with Gasteiger partial charge in [0.15, 0.2) is 0 Å². The van der Waals surface area contributed by atoms with E-state index >= 15 is 0 Å². The lowest BCUT2D eigenvalue weighted by Crippen LogP contribution is -2.28. The summed E-state index contributed by atoms with van der Waals surface area (Å²) in [5.74, 6) is 1.22. The molecule has 2 aromatic carbocycles. The van der Waals surface area contributed by atoms with Gasteiger partial charge < -0.3 is 20.5 Å². The first-order chi connectivity index (χ1) is 12.9. The van der Waals surface area contributed by atoms with Gasteiger partial charge in [-0.2, -0.15) is 0 Å². The molecule has 0 aromatic heterocycles. The first-order valence-electron chi connectivity index (χ1n) is 9.28. The van der Waals surface area contributed by atoms with Gasteiger partial charge in [0.25, 0.3) is 0 Å². The molecule has 6 heteroatoms. The lowest BCUT2D eigenvalue weighted by Gasteiger charge is -2.15. The Morgan fingerprint density at radius 2 is 1.82 bits per heavy atom. The molecule has 5 nitrogen and oxygen atoms in total. The largest absolute Gasteiger partial charge is 0.489 e. The summed E-state index contributed by atoms with van der Waals surface area (Å²) in [7, 11) is 1.55. The highest BCUT2D eigenvalue weighted by Gasteiger charge is 2.12. The normalized spacial score (nSPS) is 11.6. The minimum Gasteiger partial charge on any atom is -0.489 e. The molecular weight excluding hydrogens is 376 g/mol. The average Bonchev–Trinajstić information content (AvgIpc) is 2.65. The van der Waals surface area contributed by atoms with Crippen molar-refractivity contribution in [2.75, 3.05) is 19.0 Å². The van der Waals surface area contributed by atoms with E-state index < -0.39 is 0 Å². The van der Waals surface area contributed by atoms with Gasteiger partial charge in [0, 0.05) is 19.3 Å². The zero-order valence-electron chi connectivity index (χ0n) is 17.0. The third-order valence-corrected chi connectivity index (χ3v) is 4.43. The third kappa shape index (κ3) is 7.15. The molecule has 3 N–H and O–H groups in total. The van der Waals surface area contributed by atoms with Crippen LogP contribution in [0.25, 0.3) is 0 Å². The number of anilines is 1. The first-order valence-corrected chi connectivity index (χ1v) is 9.28. The molecule has 0 heterocycles. The lowest BCUT2D eigenvalue weighted by molar-refractivity contribution is -0.118.